The summed E-state index contributed by atoms with van der Waals surface area (Å²) in [7, 11) is 2.96. The van der Waals surface area contributed by atoms with Crippen molar-refractivity contribution < 1.29 is 19.4 Å². The Morgan fingerprint density at radius 3 is 2.43 bits per heavy atom. The molecule has 0 fully saturated rings. The molecule has 0 aliphatic carbocycles. The van der Waals surface area contributed by atoms with E-state index in [1.54, 1.807) is 30.3 Å². The first-order chi connectivity index (χ1) is 10.0. The number of methoxy groups -OCH3 is 2. The van der Waals surface area contributed by atoms with Gasteiger partial charge in [0.15, 0.2) is 11.5 Å². The van der Waals surface area contributed by atoms with E-state index in [2.05, 4.69) is 21.2 Å². The molecule has 6 heteroatoms. The van der Waals surface area contributed by atoms with E-state index in [0.717, 1.165) is 4.47 Å². The van der Waals surface area contributed by atoms with Gasteiger partial charge < -0.3 is 19.9 Å². The Labute approximate surface area is 130 Å². The molecule has 0 spiro atoms. The van der Waals surface area contributed by atoms with Crippen LogP contribution in [0, 0.1) is 0 Å². The van der Waals surface area contributed by atoms with E-state index in [1.807, 2.05) is 0 Å². The molecule has 0 atom stereocenters. The van der Waals surface area contributed by atoms with Gasteiger partial charge in [0.05, 0.1) is 19.8 Å². The second kappa shape index (κ2) is 6.49. The highest BCUT2D eigenvalue weighted by Gasteiger charge is 2.13. The van der Waals surface area contributed by atoms with Crippen molar-refractivity contribution in [2.75, 3.05) is 19.5 Å². The number of hydrogen-bond acceptors (Lipinski definition) is 4. The summed E-state index contributed by atoms with van der Waals surface area (Å²) in [6.45, 7) is 0. The third kappa shape index (κ3) is 3.46. The lowest BCUT2D eigenvalue weighted by atomic mass is 10.2. The van der Waals surface area contributed by atoms with Gasteiger partial charge in [0.25, 0.3) is 5.91 Å². The molecule has 0 radical (unpaired) electrons. The van der Waals surface area contributed by atoms with Crippen molar-refractivity contribution in [1.82, 2.24) is 0 Å². The first kappa shape index (κ1) is 15.2. The van der Waals surface area contributed by atoms with Crippen molar-refractivity contribution in [3.8, 4) is 17.2 Å². The van der Waals surface area contributed by atoms with Crippen LogP contribution in [0.25, 0.3) is 0 Å². The highest BCUT2D eigenvalue weighted by atomic mass is 79.9. The lowest BCUT2D eigenvalue weighted by Gasteiger charge is -2.11. The summed E-state index contributed by atoms with van der Waals surface area (Å²) in [5.74, 6) is 0.427. The number of carbonyl (C=O) groups excluding carboxylic acids is 1. The van der Waals surface area contributed by atoms with Crippen LogP contribution in [0.4, 0.5) is 5.69 Å². The van der Waals surface area contributed by atoms with Gasteiger partial charge in [-0.1, -0.05) is 15.9 Å². The minimum Gasteiger partial charge on any atom is -0.504 e. The zero-order valence-corrected chi connectivity index (χ0v) is 13.1. The van der Waals surface area contributed by atoms with Crippen LogP contribution in [0.3, 0.4) is 0 Å². The molecular weight excluding hydrogens is 338 g/mol. The number of rotatable bonds is 4. The first-order valence-corrected chi connectivity index (χ1v) is 6.86. The molecule has 1 amide bonds. The molecule has 0 unspecified atom stereocenters. The van der Waals surface area contributed by atoms with E-state index in [0.29, 0.717) is 22.7 Å². The largest absolute Gasteiger partial charge is 0.504 e. The van der Waals surface area contributed by atoms with Crippen LogP contribution in [-0.4, -0.2) is 25.2 Å². The van der Waals surface area contributed by atoms with Gasteiger partial charge >= 0.3 is 0 Å². The summed E-state index contributed by atoms with van der Waals surface area (Å²) in [4.78, 5) is 12.3. The molecule has 0 bridgehead atoms. The number of hydrogen-bond donors (Lipinski definition) is 2. The standard InChI is InChI=1S/C15H14BrNO4/c1-20-13-6-4-10(8-12(13)18)17-15(19)11-5-3-9(16)7-14(11)21-2/h3-8,18H,1-2H3,(H,17,19). The number of aromatic hydroxyl groups is 1. The second-order valence-corrected chi connectivity index (χ2v) is 5.10. The van der Waals surface area contributed by atoms with Gasteiger partial charge in [0.2, 0.25) is 0 Å². The Bertz CT molecular complexity index is 673. The third-order valence-corrected chi connectivity index (χ3v) is 3.34. The van der Waals surface area contributed by atoms with Gasteiger partial charge in [-0.2, -0.15) is 0 Å². The summed E-state index contributed by atoms with van der Waals surface area (Å²) in [6.07, 6.45) is 0. The van der Waals surface area contributed by atoms with Gasteiger partial charge in [-0.05, 0) is 30.3 Å². The topological polar surface area (TPSA) is 67.8 Å². The van der Waals surface area contributed by atoms with Crippen LogP contribution in [0.1, 0.15) is 10.4 Å². The van der Waals surface area contributed by atoms with Crippen LogP contribution in [-0.2, 0) is 0 Å². The fourth-order valence-corrected chi connectivity index (χ4v) is 2.16. The second-order valence-electron chi connectivity index (χ2n) is 4.19. The fraction of sp³-hybridized carbons (Fsp3) is 0.133. The minimum absolute atomic E-state index is 0.0435. The normalized spacial score (nSPS) is 10.0. The molecule has 2 aromatic rings. The molecule has 5 nitrogen and oxygen atoms in total. The molecular formula is C15H14BrNO4. The maximum atomic E-state index is 12.3. The van der Waals surface area contributed by atoms with Gasteiger partial charge in [-0.3, -0.25) is 4.79 Å². The average molecular weight is 352 g/mol. The lowest BCUT2D eigenvalue weighted by molar-refractivity contribution is 0.102. The molecule has 21 heavy (non-hydrogen) atoms. The molecule has 2 aromatic carbocycles. The zero-order valence-electron chi connectivity index (χ0n) is 11.5. The van der Waals surface area contributed by atoms with Gasteiger partial charge in [-0.25, -0.2) is 0 Å². The quantitative estimate of drug-likeness (QED) is 0.885. The van der Waals surface area contributed by atoms with Crippen molar-refractivity contribution in [2.45, 2.75) is 0 Å². The molecule has 0 saturated heterocycles. The van der Waals surface area contributed by atoms with Crippen LogP contribution >= 0.6 is 15.9 Å². The van der Waals surface area contributed by atoms with Crippen LogP contribution in [0.5, 0.6) is 17.2 Å². The van der Waals surface area contributed by atoms with E-state index in [-0.39, 0.29) is 11.7 Å². The van der Waals surface area contributed by atoms with Gasteiger partial charge in [0.1, 0.15) is 5.75 Å². The number of nitrogens with one attached hydrogen (secondary N) is 1. The number of ether oxygens (including phenoxy) is 2. The zero-order chi connectivity index (χ0) is 15.4. The number of amides is 1. The third-order valence-electron chi connectivity index (χ3n) is 2.84. The number of carbonyl (C=O) groups is 1. The molecule has 0 aliphatic heterocycles. The Hall–Kier alpha value is -2.21. The van der Waals surface area contributed by atoms with Gasteiger partial charge in [0, 0.05) is 16.2 Å². The molecule has 110 valence electrons. The predicted octanol–water partition coefficient (Wildman–Crippen LogP) is 3.42. The van der Waals surface area contributed by atoms with E-state index in [1.165, 1.54) is 20.3 Å². The van der Waals surface area contributed by atoms with Crippen molar-refractivity contribution in [2.24, 2.45) is 0 Å². The minimum atomic E-state index is -0.330. The van der Waals surface area contributed by atoms with Crippen molar-refractivity contribution in [1.29, 1.82) is 0 Å². The summed E-state index contributed by atoms with van der Waals surface area (Å²) < 4.78 is 11.0. The summed E-state index contributed by atoms with van der Waals surface area (Å²) in [6, 6.07) is 9.75. The van der Waals surface area contributed by atoms with Crippen LogP contribution in [0.2, 0.25) is 0 Å². The number of phenols is 1. The smallest absolute Gasteiger partial charge is 0.259 e. The average Bonchev–Trinajstić information content (AvgIpc) is 2.47. The lowest BCUT2D eigenvalue weighted by Crippen LogP contribution is -2.13. The van der Waals surface area contributed by atoms with E-state index in [4.69, 9.17) is 9.47 Å². The monoisotopic (exact) mass is 351 g/mol. The highest BCUT2D eigenvalue weighted by Crippen LogP contribution is 2.29. The highest BCUT2D eigenvalue weighted by molar-refractivity contribution is 9.10. The number of benzene rings is 2. The maximum absolute atomic E-state index is 12.3. The fourth-order valence-electron chi connectivity index (χ4n) is 1.82. The van der Waals surface area contributed by atoms with E-state index >= 15 is 0 Å². The van der Waals surface area contributed by atoms with Crippen molar-refractivity contribution in [3.05, 3.63) is 46.4 Å². The Morgan fingerprint density at radius 1 is 1.10 bits per heavy atom. The van der Waals surface area contributed by atoms with Crippen molar-refractivity contribution >= 4 is 27.5 Å². The Balaban J connectivity index is 2.24. The van der Waals surface area contributed by atoms with Gasteiger partial charge in [-0.15, -0.1) is 0 Å². The van der Waals surface area contributed by atoms with E-state index < -0.39 is 0 Å². The SMILES string of the molecule is COc1ccc(NC(=O)c2ccc(Br)cc2OC)cc1O. The molecule has 2 N–H and O–H groups in total. The first-order valence-electron chi connectivity index (χ1n) is 6.07. The number of halogens is 1. The van der Waals surface area contributed by atoms with Crippen LogP contribution < -0.4 is 14.8 Å². The van der Waals surface area contributed by atoms with Crippen LogP contribution in [0.15, 0.2) is 40.9 Å². The summed E-state index contributed by atoms with van der Waals surface area (Å²) >= 11 is 3.32. The number of phenolic OH excluding ortho intramolecular Hbond substituents is 1. The molecule has 0 heterocycles. The summed E-state index contributed by atoms with van der Waals surface area (Å²) in [5, 5.41) is 12.4. The molecule has 2 rings (SSSR count). The number of anilines is 1. The van der Waals surface area contributed by atoms with Crippen molar-refractivity contribution in [3.63, 3.8) is 0 Å². The predicted molar refractivity (Wildman–Crippen MR) is 83.3 cm³/mol. The molecule has 0 saturated carbocycles. The maximum Gasteiger partial charge on any atom is 0.259 e. The Kier molecular flexibility index (Phi) is 4.70. The Morgan fingerprint density at radius 2 is 1.81 bits per heavy atom. The summed E-state index contributed by atoms with van der Waals surface area (Å²) in [5.41, 5.74) is 0.860. The van der Waals surface area contributed by atoms with E-state index in [9.17, 15) is 9.90 Å². The molecule has 0 aliphatic rings. The molecule has 0 aromatic heterocycles.